The highest BCUT2D eigenvalue weighted by Gasteiger charge is 2.24. The van der Waals surface area contributed by atoms with Crippen molar-refractivity contribution in [1.29, 1.82) is 0 Å². The fourth-order valence-corrected chi connectivity index (χ4v) is 2.68. The largest absolute Gasteiger partial charge is 0.481 e. The number of benzene rings is 1. The van der Waals surface area contributed by atoms with Crippen LogP contribution in [0, 0.1) is 0 Å². The Labute approximate surface area is 146 Å². The number of nitrogens with zero attached hydrogens (tertiary/aromatic N) is 2. The Morgan fingerprint density at radius 3 is 2.43 bits per heavy atom. The van der Waals surface area contributed by atoms with E-state index in [-0.39, 0.29) is 11.9 Å². The second-order valence-electron chi connectivity index (χ2n) is 5.28. The number of rotatable bonds is 5. The number of hydrogen-bond donors (Lipinski definition) is 0. The summed E-state index contributed by atoms with van der Waals surface area (Å²) in [5.74, 6) is 0.322. The zero-order chi connectivity index (χ0) is 17.0. The van der Waals surface area contributed by atoms with Gasteiger partial charge < -0.3 is 9.64 Å². The number of carbonyl (C=O) groups excluding carboxylic acids is 1. The van der Waals surface area contributed by atoms with Crippen LogP contribution in [0.3, 0.4) is 0 Å². The summed E-state index contributed by atoms with van der Waals surface area (Å²) < 4.78 is 5.67. The Hall–Kier alpha value is -1.78. The predicted octanol–water partition coefficient (Wildman–Crippen LogP) is 4.38. The summed E-state index contributed by atoms with van der Waals surface area (Å²) in [6.07, 6.45) is 2.79. The molecular formula is C17H18Cl2N2O2. The average molecular weight is 353 g/mol. The molecule has 1 heterocycles. The molecule has 2 aromatic rings. The molecule has 1 aromatic heterocycles. The van der Waals surface area contributed by atoms with Crippen molar-refractivity contribution < 1.29 is 9.53 Å². The van der Waals surface area contributed by atoms with Gasteiger partial charge in [-0.05, 0) is 43.7 Å². The standard InChI is InChI=1S/C17H18Cl2N2O2/c1-11(13-5-4-6-20-10-13)21(3)17(22)12(2)23-16-8-14(18)7-15(19)9-16/h4-12H,1-3H3. The first-order valence-electron chi connectivity index (χ1n) is 7.18. The molecule has 4 nitrogen and oxygen atoms in total. The first-order chi connectivity index (χ1) is 10.9. The molecule has 2 unspecified atom stereocenters. The third kappa shape index (κ3) is 4.60. The maximum atomic E-state index is 12.5. The van der Waals surface area contributed by atoms with Gasteiger partial charge in [-0.25, -0.2) is 0 Å². The quantitative estimate of drug-likeness (QED) is 0.801. The molecule has 0 saturated heterocycles. The van der Waals surface area contributed by atoms with E-state index >= 15 is 0 Å². The first-order valence-corrected chi connectivity index (χ1v) is 7.93. The lowest BCUT2D eigenvalue weighted by Crippen LogP contribution is -2.39. The second-order valence-corrected chi connectivity index (χ2v) is 6.15. The van der Waals surface area contributed by atoms with Crippen molar-refractivity contribution in [3.05, 3.63) is 58.3 Å². The Morgan fingerprint density at radius 2 is 1.87 bits per heavy atom. The van der Waals surface area contributed by atoms with E-state index in [9.17, 15) is 4.79 Å². The van der Waals surface area contributed by atoms with E-state index < -0.39 is 6.10 Å². The molecule has 0 spiro atoms. The minimum Gasteiger partial charge on any atom is -0.481 e. The van der Waals surface area contributed by atoms with E-state index in [1.54, 1.807) is 49.5 Å². The van der Waals surface area contributed by atoms with Crippen LogP contribution in [-0.4, -0.2) is 28.9 Å². The van der Waals surface area contributed by atoms with Crippen LogP contribution in [0.2, 0.25) is 10.0 Å². The third-order valence-corrected chi connectivity index (χ3v) is 4.03. The van der Waals surface area contributed by atoms with Gasteiger partial charge in [-0.15, -0.1) is 0 Å². The first kappa shape index (κ1) is 17.6. The third-order valence-electron chi connectivity index (χ3n) is 3.59. The molecule has 0 radical (unpaired) electrons. The molecule has 1 amide bonds. The number of halogens is 2. The fourth-order valence-electron chi connectivity index (χ4n) is 2.18. The van der Waals surface area contributed by atoms with Gasteiger partial charge in [-0.3, -0.25) is 9.78 Å². The Kier molecular flexibility index (Phi) is 5.85. The molecule has 0 fully saturated rings. The van der Waals surface area contributed by atoms with E-state index in [1.807, 2.05) is 19.1 Å². The number of hydrogen-bond acceptors (Lipinski definition) is 3. The van der Waals surface area contributed by atoms with Crippen LogP contribution in [0.5, 0.6) is 5.75 Å². The van der Waals surface area contributed by atoms with Crippen LogP contribution in [0.25, 0.3) is 0 Å². The van der Waals surface area contributed by atoms with Crippen molar-refractivity contribution in [3.63, 3.8) is 0 Å². The topological polar surface area (TPSA) is 42.4 Å². The summed E-state index contributed by atoms with van der Waals surface area (Å²) in [6, 6.07) is 8.54. The smallest absolute Gasteiger partial charge is 0.263 e. The molecule has 2 rings (SSSR count). The summed E-state index contributed by atoms with van der Waals surface area (Å²) in [5.41, 5.74) is 0.960. The molecule has 6 heteroatoms. The van der Waals surface area contributed by atoms with Crippen molar-refractivity contribution in [2.75, 3.05) is 7.05 Å². The molecule has 0 bridgehead atoms. The maximum absolute atomic E-state index is 12.5. The summed E-state index contributed by atoms with van der Waals surface area (Å²) in [5, 5.41) is 0.925. The highest BCUT2D eigenvalue weighted by molar-refractivity contribution is 6.34. The minimum atomic E-state index is -0.659. The molecular weight excluding hydrogens is 335 g/mol. The minimum absolute atomic E-state index is 0.106. The van der Waals surface area contributed by atoms with Gasteiger partial charge in [0, 0.05) is 29.5 Å². The maximum Gasteiger partial charge on any atom is 0.263 e. The molecule has 0 saturated carbocycles. The van der Waals surface area contributed by atoms with Crippen LogP contribution in [0.1, 0.15) is 25.5 Å². The SMILES string of the molecule is CC(Oc1cc(Cl)cc(Cl)c1)C(=O)N(C)C(C)c1cccnc1. The van der Waals surface area contributed by atoms with Crippen molar-refractivity contribution in [2.24, 2.45) is 0 Å². The van der Waals surface area contributed by atoms with Crippen molar-refractivity contribution in [2.45, 2.75) is 26.0 Å². The summed E-state index contributed by atoms with van der Waals surface area (Å²) in [6.45, 7) is 3.64. The lowest BCUT2D eigenvalue weighted by atomic mass is 10.1. The van der Waals surface area contributed by atoms with Crippen LogP contribution in [0.15, 0.2) is 42.7 Å². The Bertz CT molecular complexity index is 659. The predicted molar refractivity (Wildman–Crippen MR) is 92.0 cm³/mol. The summed E-state index contributed by atoms with van der Waals surface area (Å²) in [7, 11) is 1.74. The molecule has 0 aliphatic heterocycles. The fraction of sp³-hybridized carbons (Fsp3) is 0.294. The molecule has 23 heavy (non-hydrogen) atoms. The number of carbonyl (C=O) groups is 1. The average Bonchev–Trinajstić information content (AvgIpc) is 2.52. The lowest BCUT2D eigenvalue weighted by Gasteiger charge is -2.28. The Morgan fingerprint density at radius 1 is 1.22 bits per heavy atom. The normalized spacial score (nSPS) is 13.3. The van der Waals surface area contributed by atoms with Gasteiger partial charge in [0.1, 0.15) is 5.75 Å². The zero-order valence-electron chi connectivity index (χ0n) is 13.2. The summed E-state index contributed by atoms with van der Waals surface area (Å²) in [4.78, 5) is 18.3. The summed E-state index contributed by atoms with van der Waals surface area (Å²) >= 11 is 11.9. The van der Waals surface area contributed by atoms with Gasteiger partial charge in [0.2, 0.25) is 0 Å². The molecule has 0 N–H and O–H groups in total. The lowest BCUT2D eigenvalue weighted by molar-refractivity contribution is -0.138. The van der Waals surface area contributed by atoms with Gasteiger partial charge in [0.05, 0.1) is 6.04 Å². The van der Waals surface area contributed by atoms with Crippen LogP contribution in [0.4, 0.5) is 0 Å². The number of pyridine rings is 1. The van der Waals surface area contributed by atoms with Gasteiger partial charge in [0.25, 0.3) is 5.91 Å². The molecule has 0 aliphatic rings. The van der Waals surface area contributed by atoms with Crippen LogP contribution < -0.4 is 4.74 Å². The number of amides is 1. The van der Waals surface area contributed by atoms with E-state index in [1.165, 1.54) is 0 Å². The number of aromatic nitrogens is 1. The van der Waals surface area contributed by atoms with Crippen molar-refractivity contribution in [1.82, 2.24) is 9.88 Å². The van der Waals surface area contributed by atoms with Gasteiger partial charge in [-0.2, -0.15) is 0 Å². The van der Waals surface area contributed by atoms with Gasteiger partial charge in [0.15, 0.2) is 6.10 Å². The van der Waals surface area contributed by atoms with Crippen LogP contribution in [-0.2, 0) is 4.79 Å². The van der Waals surface area contributed by atoms with E-state index in [4.69, 9.17) is 27.9 Å². The number of ether oxygens (including phenoxy) is 1. The van der Waals surface area contributed by atoms with Crippen LogP contribution >= 0.6 is 23.2 Å². The monoisotopic (exact) mass is 352 g/mol. The van der Waals surface area contributed by atoms with Crippen molar-refractivity contribution in [3.8, 4) is 5.75 Å². The second kappa shape index (κ2) is 7.66. The highest BCUT2D eigenvalue weighted by atomic mass is 35.5. The van der Waals surface area contributed by atoms with Crippen molar-refractivity contribution >= 4 is 29.1 Å². The molecule has 122 valence electrons. The van der Waals surface area contributed by atoms with Gasteiger partial charge >= 0.3 is 0 Å². The zero-order valence-corrected chi connectivity index (χ0v) is 14.7. The van der Waals surface area contributed by atoms with E-state index in [0.29, 0.717) is 15.8 Å². The highest BCUT2D eigenvalue weighted by Crippen LogP contribution is 2.26. The molecule has 0 aliphatic carbocycles. The number of likely N-dealkylation sites (N-methyl/N-ethyl adjacent to an activating group) is 1. The Balaban J connectivity index is 2.06. The van der Waals surface area contributed by atoms with E-state index in [0.717, 1.165) is 5.56 Å². The molecule has 1 aromatic carbocycles. The van der Waals surface area contributed by atoms with Gasteiger partial charge in [-0.1, -0.05) is 29.3 Å². The van der Waals surface area contributed by atoms with E-state index in [2.05, 4.69) is 4.98 Å². The molecule has 2 atom stereocenters.